The molecule has 5 aliphatic carbocycles. The summed E-state index contributed by atoms with van der Waals surface area (Å²) in [5, 5.41) is 9.64. The van der Waals surface area contributed by atoms with Gasteiger partial charge in [-0.3, -0.25) is 4.79 Å². The Morgan fingerprint density at radius 2 is 1.63 bits per heavy atom. The molecule has 0 amide bonds. The molecule has 8 heteroatoms. The molecule has 4 bridgehead atoms. The van der Waals surface area contributed by atoms with Crippen molar-refractivity contribution in [2.45, 2.75) is 76.2 Å². The Morgan fingerprint density at radius 3 is 2.20 bits per heavy atom. The Balaban J connectivity index is 1.18. The first-order valence-corrected chi connectivity index (χ1v) is 15.0. The van der Waals surface area contributed by atoms with Crippen LogP contribution in [0.3, 0.4) is 0 Å². The fourth-order valence-electron chi connectivity index (χ4n) is 7.78. The van der Waals surface area contributed by atoms with Crippen molar-refractivity contribution in [1.82, 2.24) is 4.31 Å². The fraction of sp³-hybridized carbons (Fsp3) is 0.741. The van der Waals surface area contributed by atoms with Crippen LogP contribution in [0.15, 0.2) is 12.1 Å². The van der Waals surface area contributed by atoms with E-state index >= 15 is 4.39 Å². The van der Waals surface area contributed by atoms with Crippen molar-refractivity contribution in [3.8, 4) is 5.75 Å². The first-order valence-electron chi connectivity index (χ1n) is 13.3. The normalized spacial score (nSPS) is 33.3. The second-order valence-electron chi connectivity index (χ2n) is 12.2. The predicted octanol–water partition coefficient (Wildman–Crippen LogP) is 4.27. The van der Waals surface area contributed by atoms with Gasteiger partial charge in [0.05, 0.1) is 18.3 Å². The number of rotatable bonds is 8. The van der Waals surface area contributed by atoms with Crippen molar-refractivity contribution >= 4 is 15.8 Å². The molecule has 0 atom stereocenters. The first-order chi connectivity index (χ1) is 16.7. The number of ether oxygens (including phenoxy) is 1. The molecule has 1 aromatic rings. The molecule has 0 spiro atoms. The Bertz CT molecular complexity index is 1070. The maximum atomic E-state index is 15.2. The van der Waals surface area contributed by atoms with Crippen LogP contribution in [-0.2, 0) is 10.0 Å². The summed E-state index contributed by atoms with van der Waals surface area (Å²) in [4.78, 5) is 12.9. The van der Waals surface area contributed by atoms with Gasteiger partial charge in [0.1, 0.15) is 17.3 Å². The average Bonchev–Trinajstić information content (AvgIpc) is 3.62. The standard InChI is InChI=1S/C27H36FNO5S/c28-24-11-26(34-16-27-12-17-7-18(13-27)9-19(8-17)14-27)22(20-1-2-20)10-23(24)25(31)15-35(32,33)29-5-3-21(30)4-6-29/h10-11,17-21,30H,1-9,12-16H2. The number of hydrogen-bond acceptors (Lipinski definition) is 5. The van der Waals surface area contributed by atoms with E-state index in [0.29, 0.717) is 25.2 Å². The number of piperidine rings is 1. The molecule has 192 valence electrons. The highest BCUT2D eigenvalue weighted by Crippen LogP contribution is 2.60. The van der Waals surface area contributed by atoms with Crippen molar-refractivity contribution in [3.05, 3.63) is 29.1 Å². The Kier molecular flexibility index (Phi) is 6.00. The number of sulfonamides is 1. The molecule has 1 aromatic carbocycles. The Morgan fingerprint density at radius 1 is 1.03 bits per heavy atom. The number of Topliss-reactive ketones (excluding diaryl/α,β-unsaturated/α-hetero) is 1. The van der Waals surface area contributed by atoms with Crippen molar-refractivity contribution < 1.29 is 27.4 Å². The molecule has 0 aromatic heterocycles. The summed E-state index contributed by atoms with van der Waals surface area (Å²) in [6, 6.07) is 2.88. The topological polar surface area (TPSA) is 83.9 Å². The van der Waals surface area contributed by atoms with Crippen LogP contribution in [0.2, 0.25) is 0 Å². The number of halogens is 1. The van der Waals surface area contributed by atoms with Gasteiger partial charge < -0.3 is 9.84 Å². The van der Waals surface area contributed by atoms with E-state index in [2.05, 4.69) is 0 Å². The number of ketones is 1. The van der Waals surface area contributed by atoms with Crippen LogP contribution >= 0.6 is 0 Å². The van der Waals surface area contributed by atoms with Gasteiger partial charge >= 0.3 is 0 Å². The minimum absolute atomic E-state index is 0.158. The molecule has 5 saturated carbocycles. The second kappa shape index (κ2) is 8.80. The molecule has 1 heterocycles. The number of aliphatic hydroxyl groups excluding tert-OH is 1. The number of nitrogens with zero attached hydrogens (tertiary/aromatic N) is 1. The Labute approximate surface area is 207 Å². The number of hydrogen-bond donors (Lipinski definition) is 1. The molecule has 6 nitrogen and oxygen atoms in total. The molecule has 1 N–H and O–H groups in total. The minimum atomic E-state index is -3.86. The molecule has 6 aliphatic rings. The lowest BCUT2D eigenvalue weighted by molar-refractivity contribution is -0.0747. The highest BCUT2D eigenvalue weighted by Gasteiger charge is 2.51. The monoisotopic (exact) mass is 505 g/mol. The van der Waals surface area contributed by atoms with Crippen LogP contribution in [0.25, 0.3) is 0 Å². The molecule has 1 aliphatic heterocycles. The first kappa shape index (κ1) is 23.9. The second-order valence-corrected chi connectivity index (χ2v) is 14.1. The van der Waals surface area contributed by atoms with Crippen LogP contribution in [0.1, 0.15) is 86.0 Å². The third-order valence-electron chi connectivity index (χ3n) is 9.25. The van der Waals surface area contributed by atoms with E-state index in [9.17, 15) is 18.3 Å². The molecule has 6 fully saturated rings. The van der Waals surface area contributed by atoms with E-state index in [1.807, 2.05) is 0 Å². The van der Waals surface area contributed by atoms with Gasteiger partial charge in [-0.05, 0) is 99.5 Å². The fourth-order valence-corrected chi connectivity index (χ4v) is 9.21. The maximum Gasteiger partial charge on any atom is 0.221 e. The number of benzene rings is 1. The summed E-state index contributed by atoms with van der Waals surface area (Å²) in [5.74, 6) is 1.04. The lowest BCUT2D eigenvalue weighted by Crippen LogP contribution is -2.48. The Hall–Kier alpha value is -1.51. The summed E-state index contributed by atoms with van der Waals surface area (Å²) in [7, 11) is -3.86. The van der Waals surface area contributed by atoms with Crippen LogP contribution in [0.4, 0.5) is 4.39 Å². The van der Waals surface area contributed by atoms with E-state index in [-0.39, 0.29) is 30.0 Å². The van der Waals surface area contributed by atoms with Crippen molar-refractivity contribution in [1.29, 1.82) is 0 Å². The third kappa shape index (κ3) is 4.78. The zero-order valence-electron chi connectivity index (χ0n) is 20.3. The van der Waals surface area contributed by atoms with Crippen LogP contribution in [-0.4, -0.2) is 55.2 Å². The lowest BCUT2D eigenvalue weighted by Gasteiger charge is -2.56. The molecular weight excluding hydrogens is 469 g/mol. The zero-order valence-corrected chi connectivity index (χ0v) is 21.1. The molecule has 7 rings (SSSR count). The van der Waals surface area contributed by atoms with Gasteiger partial charge in [0.15, 0.2) is 5.78 Å². The largest absolute Gasteiger partial charge is 0.493 e. The quantitative estimate of drug-likeness (QED) is 0.534. The summed E-state index contributed by atoms with van der Waals surface area (Å²) < 4.78 is 48.3. The SMILES string of the molecule is O=C(CS(=O)(=O)N1CCC(O)CC1)c1cc(C2CC2)c(OCC23CC4CC(CC(C4)C2)C3)cc1F. The highest BCUT2D eigenvalue weighted by molar-refractivity contribution is 7.89. The molecule has 0 unspecified atom stereocenters. The summed E-state index contributed by atoms with van der Waals surface area (Å²) in [5.41, 5.74) is 0.893. The maximum absolute atomic E-state index is 15.2. The summed E-state index contributed by atoms with van der Waals surface area (Å²) in [6.45, 7) is 0.978. The lowest BCUT2D eigenvalue weighted by atomic mass is 9.50. The smallest absolute Gasteiger partial charge is 0.221 e. The van der Waals surface area contributed by atoms with Gasteiger partial charge in [0.2, 0.25) is 10.0 Å². The third-order valence-corrected chi connectivity index (χ3v) is 11.0. The number of aliphatic hydroxyl groups is 1. The van der Waals surface area contributed by atoms with Gasteiger partial charge in [0.25, 0.3) is 0 Å². The average molecular weight is 506 g/mol. The highest BCUT2D eigenvalue weighted by atomic mass is 32.2. The van der Waals surface area contributed by atoms with E-state index in [0.717, 1.165) is 36.2 Å². The van der Waals surface area contributed by atoms with E-state index < -0.39 is 33.5 Å². The predicted molar refractivity (Wildman–Crippen MR) is 129 cm³/mol. The zero-order chi connectivity index (χ0) is 24.4. The van der Waals surface area contributed by atoms with Crippen LogP contribution < -0.4 is 4.74 Å². The van der Waals surface area contributed by atoms with Crippen molar-refractivity contribution in [3.63, 3.8) is 0 Å². The van der Waals surface area contributed by atoms with Gasteiger partial charge in [-0.25, -0.2) is 17.1 Å². The molecule has 1 saturated heterocycles. The van der Waals surface area contributed by atoms with E-state index in [4.69, 9.17) is 4.74 Å². The van der Waals surface area contributed by atoms with Crippen LogP contribution in [0, 0.1) is 29.0 Å². The van der Waals surface area contributed by atoms with Gasteiger partial charge in [-0.15, -0.1) is 0 Å². The minimum Gasteiger partial charge on any atom is -0.493 e. The number of carbonyl (C=O) groups is 1. The molecular formula is C27H36FNO5S. The van der Waals surface area contributed by atoms with E-state index in [1.165, 1.54) is 48.9 Å². The van der Waals surface area contributed by atoms with Crippen molar-refractivity contribution in [2.24, 2.45) is 23.2 Å². The van der Waals surface area contributed by atoms with Gasteiger partial charge in [-0.1, -0.05) is 0 Å². The summed E-state index contributed by atoms with van der Waals surface area (Å²) in [6.07, 6.45) is 9.85. The van der Waals surface area contributed by atoms with Crippen molar-refractivity contribution in [2.75, 3.05) is 25.4 Å². The molecule has 35 heavy (non-hydrogen) atoms. The van der Waals surface area contributed by atoms with E-state index in [1.54, 1.807) is 6.07 Å². The summed E-state index contributed by atoms with van der Waals surface area (Å²) >= 11 is 0. The van der Waals surface area contributed by atoms with Gasteiger partial charge in [0, 0.05) is 24.6 Å². The van der Waals surface area contributed by atoms with Crippen LogP contribution in [0.5, 0.6) is 5.75 Å². The van der Waals surface area contributed by atoms with Gasteiger partial charge in [-0.2, -0.15) is 0 Å². The number of carbonyl (C=O) groups excluding carboxylic acids is 1. The molecule has 0 radical (unpaired) electrons.